The Kier molecular flexibility index (Phi) is 7.22. The number of ether oxygens (including phenoxy) is 2. The van der Waals surface area contributed by atoms with Crippen LogP contribution in [0.4, 0.5) is 17.6 Å². The number of nitrogens with two attached hydrogens (primary N) is 1. The number of amides is 2. The molecule has 0 bridgehead atoms. The second-order valence-electron chi connectivity index (χ2n) is 7.04. The number of alkyl halides is 4. The minimum absolute atomic E-state index is 0.0503. The van der Waals surface area contributed by atoms with Crippen LogP contribution in [0, 0.1) is 0 Å². The molecule has 32 heavy (non-hydrogen) atoms. The lowest BCUT2D eigenvalue weighted by atomic mass is 10.0. The van der Waals surface area contributed by atoms with Crippen molar-refractivity contribution in [2.24, 2.45) is 5.73 Å². The first-order chi connectivity index (χ1) is 15.0. The van der Waals surface area contributed by atoms with Crippen molar-refractivity contribution in [1.29, 1.82) is 0 Å². The molecule has 2 aromatic rings. The number of halogens is 5. The van der Waals surface area contributed by atoms with E-state index in [1.807, 2.05) is 0 Å². The summed E-state index contributed by atoms with van der Waals surface area (Å²) in [5.41, 5.74) is 5.83. The number of rotatable bonds is 6. The number of carbonyl (C=O) groups excluding carboxylic acids is 2. The van der Waals surface area contributed by atoms with Gasteiger partial charge in [0.1, 0.15) is 16.5 Å². The first-order valence-corrected chi connectivity index (χ1v) is 10.2. The van der Waals surface area contributed by atoms with Gasteiger partial charge >= 0.3 is 6.36 Å². The van der Waals surface area contributed by atoms with E-state index in [-0.39, 0.29) is 43.2 Å². The van der Waals surface area contributed by atoms with Gasteiger partial charge in [-0.25, -0.2) is 9.37 Å². The summed E-state index contributed by atoms with van der Waals surface area (Å²) < 4.78 is 61.2. The molecule has 2 amide bonds. The third-order valence-corrected chi connectivity index (χ3v) is 5.16. The number of primary amides is 1. The maximum Gasteiger partial charge on any atom is 0.573 e. The highest BCUT2D eigenvalue weighted by Crippen LogP contribution is 2.27. The van der Waals surface area contributed by atoms with Crippen molar-refractivity contribution in [3.05, 3.63) is 52.3 Å². The van der Waals surface area contributed by atoms with Crippen molar-refractivity contribution >= 4 is 27.7 Å². The average molecular weight is 520 g/mol. The van der Waals surface area contributed by atoms with Gasteiger partial charge in [0.2, 0.25) is 5.91 Å². The molecule has 2 heterocycles. The molecule has 172 valence electrons. The summed E-state index contributed by atoms with van der Waals surface area (Å²) >= 11 is 3.12. The van der Waals surface area contributed by atoms with Crippen LogP contribution in [0.25, 0.3) is 0 Å². The highest BCUT2D eigenvalue weighted by atomic mass is 79.9. The van der Waals surface area contributed by atoms with Gasteiger partial charge in [0.05, 0.1) is 24.7 Å². The topological polar surface area (TPSA) is 94.8 Å². The highest BCUT2D eigenvalue weighted by Gasteiger charge is 2.34. The quantitative estimate of drug-likeness (QED) is 0.466. The maximum absolute atomic E-state index is 14.7. The number of likely N-dealkylation sites (tertiary alicyclic amines) is 1. The van der Waals surface area contributed by atoms with Gasteiger partial charge in [0.25, 0.3) is 5.91 Å². The Morgan fingerprint density at radius 2 is 1.94 bits per heavy atom. The first-order valence-electron chi connectivity index (χ1n) is 9.40. The van der Waals surface area contributed by atoms with Crippen LogP contribution in [-0.4, -0.2) is 53.4 Å². The Balaban J connectivity index is 1.57. The molecule has 7 nitrogen and oxygen atoms in total. The van der Waals surface area contributed by atoms with Gasteiger partial charge in [0, 0.05) is 13.0 Å². The predicted octanol–water partition coefficient (Wildman–Crippen LogP) is 3.40. The van der Waals surface area contributed by atoms with Crippen LogP contribution in [0.1, 0.15) is 22.3 Å². The summed E-state index contributed by atoms with van der Waals surface area (Å²) in [5.74, 6) is -1.47. The van der Waals surface area contributed by atoms with Crippen molar-refractivity contribution in [3.63, 3.8) is 0 Å². The van der Waals surface area contributed by atoms with E-state index < -0.39 is 30.3 Å². The molecule has 0 unspecified atom stereocenters. The molecule has 2 atom stereocenters. The summed E-state index contributed by atoms with van der Waals surface area (Å²) in [6.07, 6.45) is -5.91. The lowest BCUT2D eigenvalue weighted by Gasteiger charge is -2.35. The second-order valence-corrected chi connectivity index (χ2v) is 7.85. The smallest absolute Gasteiger partial charge is 0.485 e. The zero-order valence-corrected chi connectivity index (χ0v) is 18.0. The van der Waals surface area contributed by atoms with E-state index >= 15 is 0 Å². The molecule has 1 aromatic carbocycles. The van der Waals surface area contributed by atoms with Crippen LogP contribution >= 0.6 is 15.9 Å². The molecule has 0 radical (unpaired) electrons. The van der Waals surface area contributed by atoms with Gasteiger partial charge in [-0.15, -0.1) is 13.2 Å². The molecule has 2 N–H and O–H groups in total. The Morgan fingerprint density at radius 1 is 1.25 bits per heavy atom. The Hall–Kier alpha value is -2.89. The molecule has 1 aromatic heterocycles. The Labute approximate surface area is 188 Å². The zero-order valence-electron chi connectivity index (χ0n) is 16.4. The Morgan fingerprint density at radius 3 is 2.53 bits per heavy atom. The van der Waals surface area contributed by atoms with E-state index in [1.54, 1.807) is 0 Å². The Bertz CT molecular complexity index is 988. The number of piperidine rings is 1. The molecule has 0 saturated carbocycles. The summed E-state index contributed by atoms with van der Waals surface area (Å²) in [4.78, 5) is 29.4. The van der Waals surface area contributed by atoms with E-state index in [2.05, 4.69) is 25.7 Å². The minimum Gasteiger partial charge on any atom is -0.485 e. The fraction of sp³-hybridized carbons (Fsp3) is 0.350. The van der Waals surface area contributed by atoms with Crippen LogP contribution in [0.2, 0.25) is 0 Å². The molecule has 3 rings (SSSR count). The third-order valence-electron chi connectivity index (χ3n) is 4.72. The number of nitrogens with zero attached hydrogens (tertiary/aromatic N) is 2. The molecule has 0 aliphatic carbocycles. The standard InChI is InChI=1S/C20H18BrF4N3O4/c21-17-8-13(19(26)30)16(9-27-17)31-15-5-6-28(10-14(15)22)18(29)7-11-1-3-12(4-2-11)32-20(23,24)25/h1-4,8-9,14-15H,5-7,10H2,(H2,26,30)/t14-,15+/m1/s1. The highest BCUT2D eigenvalue weighted by molar-refractivity contribution is 9.10. The van der Waals surface area contributed by atoms with E-state index in [0.29, 0.717) is 10.2 Å². The van der Waals surface area contributed by atoms with E-state index in [1.165, 1.54) is 29.3 Å². The van der Waals surface area contributed by atoms with Gasteiger partial charge in [-0.05, 0) is 39.7 Å². The third kappa shape index (κ3) is 6.31. The first kappa shape index (κ1) is 23.8. The van der Waals surface area contributed by atoms with Crippen LogP contribution < -0.4 is 15.2 Å². The number of hydrogen-bond acceptors (Lipinski definition) is 5. The molecule has 1 aliphatic rings. The van der Waals surface area contributed by atoms with Crippen molar-refractivity contribution < 1.29 is 36.6 Å². The van der Waals surface area contributed by atoms with Crippen LogP contribution in [0.15, 0.2) is 41.1 Å². The normalized spacial score (nSPS) is 18.8. The summed E-state index contributed by atoms with van der Waals surface area (Å²) in [7, 11) is 0. The molecular formula is C20H18BrF4N3O4. The predicted molar refractivity (Wildman–Crippen MR) is 108 cm³/mol. The van der Waals surface area contributed by atoms with Gasteiger partial charge in [-0.1, -0.05) is 12.1 Å². The van der Waals surface area contributed by atoms with Gasteiger partial charge in [0.15, 0.2) is 11.9 Å². The molecule has 12 heteroatoms. The SMILES string of the molecule is NC(=O)c1cc(Br)ncc1O[C@H]1CCN(C(=O)Cc2ccc(OC(F)(F)F)cc2)C[C@H]1F. The second kappa shape index (κ2) is 9.72. The lowest BCUT2D eigenvalue weighted by molar-refractivity contribution is -0.274. The van der Waals surface area contributed by atoms with Crippen molar-refractivity contribution in [3.8, 4) is 11.5 Å². The minimum atomic E-state index is -4.80. The van der Waals surface area contributed by atoms with Crippen LogP contribution in [-0.2, 0) is 11.2 Å². The van der Waals surface area contributed by atoms with Gasteiger partial charge in [-0.3, -0.25) is 9.59 Å². The van der Waals surface area contributed by atoms with E-state index in [4.69, 9.17) is 10.5 Å². The van der Waals surface area contributed by atoms with Gasteiger partial charge in [-0.2, -0.15) is 0 Å². The van der Waals surface area contributed by atoms with Gasteiger partial charge < -0.3 is 20.1 Å². The summed E-state index contributed by atoms with van der Waals surface area (Å²) in [5, 5.41) is 0. The summed E-state index contributed by atoms with van der Waals surface area (Å²) in [6.45, 7) is -0.0241. The molecule has 1 aliphatic heterocycles. The zero-order chi connectivity index (χ0) is 23.5. The van der Waals surface area contributed by atoms with Crippen molar-refractivity contribution in [2.75, 3.05) is 13.1 Å². The lowest BCUT2D eigenvalue weighted by Crippen LogP contribution is -2.49. The molecule has 1 fully saturated rings. The monoisotopic (exact) mass is 519 g/mol. The number of benzene rings is 1. The maximum atomic E-state index is 14.7. The number of pyridine rings is 1. The fourth-order valence-electron chi connectivity index (χ4n) is 3.20. The van der Waals surface area contributed by atoms with Crippen molar-refractivity contribution in [2.45, 2.75) is 31.5 Å². The van der Waals surface area contributed by atoms with E-state index in [0.717, 1.165) is 12.1 Å². The molecule has 1 saturated heterocycles. The van der Waals surface area contributed by atoms with Crippen molar-refractivity contribution in [1.82, 2.24) is 9.88 Å². The molecular weight excluding hydrogens is 502 g/mol. The molecule has 0 spiro atoms. The van der Waals surface area contributed by atoms with Crippen LogP contribution in [0.3, 0.4) is 0 Å². The average Bonchev–Trinajstić information content (AvgIpc) is 2.70. The van der Waals surface area contributed by atoms with Crippen LogP contribution in [0.5, 0.6) is 11.5 Å². The summed E-state index contributed by atoms with van der Waals surface area (Å²) in [6, 6.07) is 6.27. The number of aromatic nitrogens is 1. The number of hydrogen-bond donors (Lipinski definition) is 1. The fourth-order valence-corrected chi connectivity index (χ4v) is 3.54. The largest absolute Gasteiger partial charge is 0.573 e. The van der Waals surface area contributed by atoms with E-state index in [9.17, 15) is 27.2 Å². The number of carbonyl (C=O) groups is 2.